The van der Waals surface area contributed by atoms with Crippen LogP contribution in [0.5, 0.6) is 0 Å². The first-order valence-corrected chi connectivity index (χ1v) is 8.20. The number of ether oxygens (including phenoxy) is 1. The van der Waals surface area contributed by atoms with Crippen LogP contribution in [0.1, 0.15) is 24.3 Å². The predicted molar refractivity (Wildman–Crippen MR) is 87.3 cm³/mol. The fourth-order valence-corrected chi connectivity index (χ4v) is 3.11. The number of morpholine rings is 1. The second-order valence-corrected chi connectivity index (χ2v) is 5.99. The van der Waals surface area contributed by atoms with E-state index in [0.29, 0.717) is 6.54 Å². The molecule has 2 amide bonds. The quantitative estimate of drug-likeness (QED) is 0.793. The Balaban J connectivity index is 1.49. The van der Waals surface area contributed by atoms with Crippen molar-refractivity contribution >= 4 is 17.5 Å². The van der Waals surface area contributed by atoms with E-state index in [-0.39, 0.29) is 24.2 Å². The van der Waals surface area contributed by atoms with Crippen molar-refractivity contribution in [2.24, 2.45) is 0 Å². The van der Waals surface area contributed by atoms with Gasteiger partial charge in [0.05, 0.1) is 19.1 Å². The van der Waals surface area contributed by atoms with E-state index in [4.69, 9.17) is 4.74 Å². The number of nitrogens with one attached hydrogen (secondary N) is 2. The lowest BCUT2D eigenvalue weighted by molar-refractivity contribution is -0.126. The molecule has 1 saturated heterocycles. The third-order valence-corrected chi connectivity index (χ3v) is 4.37. The Labute approximate surface area is 136 Å². The fourth-order valence-electron chi connectivity index (χ4n) is 3.11. The van der Waals surface area contributed by atoms with E-state index in [0.717, 1.165) is 50.5 Å². The van der Waals surface area contributed by atoms with Gasteiger partial charge in [-0.3, -0.25) is 14.5 Å². The highest BCUT2D eigenvalue weighted by atomic mass is 16.5. The number of amides is 2. The molecule has 0 aliphatic carbocycles. The Bertz CT molecular complexity index is 570. The second-order valence-electron chi connectivity index (χ2n) is 5.99. The van der Waals surface area contributed by atoms with Crippen molar-refractivity contribution in [3.05, 3.63) is 29.8 Å². The minimum atomic E-state index is -0.386. The number of carbonyl (C=O) groups excluding carboxylic acids is 2. The highest BCUT2D eigenvalue weighted by Crippen LogP contribution is 2.31. The summed E-state index contributed by atoms with van der Waals surface area (Å²) in [7, 11) is 0. The van der Waals surface area contributed by atoms with Gasteiger partial charge in [-0.25, -0.2) is 0 Å². The van der Waals surface area contributed by atoms with Crippen molar-refractivity contribution in [1.29, 1.82) is 0 Å². The molecule has 3 rings (SSSR count). The fraction of sp³-hybridized carbons (Fsp3) is 0.529. The molecule has 0 unspecified atom stereocenters. The van der Waals surface area contributed by atoms with E-state index in [9.17, 15) is 9.59 Å². The molecular formula is C17H23N3O3. The summed E-state index contributed by atoms with van der Waals surface area (Å²) in [4.78, 5) is 26.5. The van der Waals surface area contributed by atoms with Crippen LogP contribution in [0.4, 0.5) is 5.69 Å². The number of hydrogen-bond acceptors (Lipinski definition) is 4. The molecule has 6 heteroatoms. The third kappa shape index (κ3) is 4.09. The predicted octanol–water partition coefficient (Wildman–Crippen LogP) is 0.951. The lowest BCUT2D eigenvalue weighted by Crippen LogP contribution is -2.39. The number of carbonyl (C=O) groups is 2. The van der Waals surface area contributed by atoms with Gasteiger partial charge in [-0.05, 0) is 24.6 Å². The monoisotopic (exact) mass is 317 g/mol. The summed E-state index contributed by atoms with van der Waals surface area (Å²) >= 11 is 0. The lowest BCUT2D eigenvalue weighted by Gasteiger charge is -2.27. The SMILES string of the molecule is O=C1C[C@@H](C(=O)NCCCN2CCOCC2)c2ccccc2N1. The molecule has 2 aliphatic rings. The minimum absolute atomic E-state index is 0.0609. The van der Waals surface area contributed by atoms with Crippen LogP contribution in [0.25, 0.3) is 0 Å². The zero-order chi connectivity index (χ0) is 16.1. The Morgan fingerprint density at radius 1 is 1.30 bits per heavy atom. The lowest BCUT2D eigenvalue weighted by atomic mass is 9.90. The molecule has 1 atom stereocenters. The first-order chi connectivity index (χ1) is 11.2. The van der Waals surface area contributed by atoms with Gasteiger partial charge in [0.25, 0.3) is 0 Å². The number of benzene rings is 1. The van der Waals surface area contributed by atoms with E-state index in [2.05, 4.69) is 15.5 Å². The summed E-state index contributed by atoms with van der Waals surface area (Å²) in [6.07, 6.45) is 1.12. The van der Waals surface area contributed by atoms with E-state index < -0.39 is 0 Å². The van der Waals surface area contributed by atoms with Crippen molar-refractivity contribution in [1.82, 2.24) is 10.2 Å². The van der Waals surface area contributed by atoms with Crippen LogP contribution in [0.2, 0.25) is 0 Å². The Morgan fingerprint density at radius 3 is 2.91 bits per heavy atom. The average molecular weight is 317 g/mol. The van der Waals surface area contributed by atoms with E-state index >= 15 is 0 Å². The van der Waals surface area contributed by atoms with E-state index in [1.807, 2.05) is 24.3 Å². The summed E-state index contributed by atoms with van der Waals surface area (Å²) in [6, 6.07) is 7.51. The molecule has 1 aromatic rings. The molecule has 23 heavy (non-hydrogen) atoms. The highest BCUT2D eigenvalue weighted by Gasteiger charge is 2.30. The standard InChI is InChI=1S/C17H23N3O3/c21-16-12-14(13-4-1-2-5-15(13)19-16)17(22)18-6-3-7-20-8-10-23-11-9-20/h1-2,4-5,14H,3,6-12H2,(H,18,22)(H,19,21)/t14-/m1/s1. The smallest absolute Gasteiger partial charge is 0.228 e. The van der Waals surface area contributed by atoms with Gasteiger partial charge in [0, 0.05) is 31.7 Å². The van der Waals surface area contributed by atoms with Crippen LogP contribution in [-0.4, -0.2) is 56.1 Å². The van der Waals surface area contributed by atoms with Gasteiger partial charge in [0.15, 0.2) is 0 Å². The van der Waals surface area contributed by atoms with Crippen molar-refractivity contribution in [3.63, 3.8) is 0 Å². The average Bonchev–Trinajstić information content (AvgIpc) is 2.58. The molecule has 124 valence electrons. The van der Waals surface area contributed by atoms with Gasteiger partial charge in [0.1, 0.15) is 0 Å². The zero-order valence-electron chi connectivity index (χ0n) is 13.2. The van der Waals surface area contributed by atoms with Crippen molar-refractivity contribution in [2.75, 3.05) is 44.7 Å². The molecule has 2 heterocycles. The molecule has 0 aromatic heterocycles. The summed E-state index contributed by atoms with van der Waals surface area (Å²) < 4.78 is 5.32. The van der Waals surface area contributed by atoms with Crippen molar-refractivity contribution in [3.8, 4) is 0 Å². The molecule has 2 N–H and O–H groups in total. The van der Waals surface area contributed by atoms with Gasteiger partial charge in [-0.15, -0.1) is 0 Å². The molecule has 0 bridgehead atoms. The summed E-state index contributed by atoms with van der Waals surface area (Å²) in [5.41, 5.74) is 1.65. The molecule has 2 aliphatic heterocycles. The van der Waals surface area contributed by atoms with Crippen LogP contribution >= 0.6 is 0 Å². The molecular weight excluding hydrogens is 294 g/mol. The van der Waals surface area contributed by atoms with Crippen LogP contribution < -0.4 is 10.6 Å². The van der Waals surface area contributed by atoms with Crippen molar-refractivity contribution < 1.29 is 14.3 Å². The van der Waals surface area contributed by atoms with Crippen LogP contribution in [0.15, 0.2) is 24.3 Å². The number of fused-ring (bicyclic) bond motifs is 1. The first kappa shape index (κ1) is 16.0. The molecule has 1 fully saturated rings. The van der Waals surface area contributed by atoms with Gasteiger partial charge in [0.2, 0.25) is 11.8 Å². The molecule has 0 radical (unpaired) electrons. The molecule has 1 aromatic carbocycles. The normalized spacial score (nSPS) is 21.4. The van der Waals surface area contributed by atoms with Crippen LogP contribution in [-0.2, 0) is 14.3 Å². The maximum Gasteiger partial charge on any atom is 0.228 e. The second kappa shape index (κ2) is 7.57. The Morgan fingerprint density at radius 2 is 2.09 bits per heavy atom. The van der Waals surface area contributed by atoms with Gasteiger partial charge >= 0.3 is 0 Å². The highest BCUT2D eigenvalue weighted by molar-refractivity contribution is 6.01. The maximum atomic E-state index is 12.4. The molecule has 0 spiro atoms. The molecule has 0 saturated carbocycles. The summed E-state index contributed by atoms with van der Waals surface area (Å²) in [5, 5.41) is 5.79. The number of hydrogen-bond donors (Lipinski definition) is 2. The van der Waals surface area contributed by atoms with Gasteiger partial charge in [-0.2, -0.15) is 0 Å². The van der Waals surface area contributed by atoms with Crippen LogP contribution in [0.3, 0.4) is 0 Å². The van der Waals surface area contributed by atoms with Gasteiger partial charge in [-0.1, -0.05) is 18.2 Å². The summed E-state index contributed by atoms with van der Waals surface area (Å²) in [5.74, 6) is -0.546. The molecule has 6 nitrogen and oxygen atoms in total. The third-order valence-electron chi connectivity index (χ3n) is 4.37. The number of rotatable bonds is 5. The Hall–Kier alpha value is -1.92. The Kier molecular flexibility index (Phi) is 5.25. The van der Waals surface area contributed by atoms with Gasteiger partial charge < -0.3 is 15.4 Å². The number of nitrogens with zero attached hydrogens (tertiary/aromatic N) is 1. The summed E-state index contributed by atoms with van der Waals surface area (Å²) in [6.45, 7) is 5.11. The van der Waals surface area contributed by atoms with Crippen molar-refractivity contribution in [2.45, 2.75) is 18.8 Å². The van der Waals surface area contributed by atoms with Crippen LogP contribution in [0, 0.1) is 0 Å². The largest absolute Gasteiger partial charge is 0.379 e. The van der Waals surface area contributed by atoms with E-state index in [1.54, 1.807) is 0 Å². The maximum absolute atomic E-state index is 12.4. The number of anilines is 1. The zero-order valence-corrected chi connectivity index (χ0v) is 13.2. The first-order valence-electron chi connectivity index (χ1n) is 8.20. The topological polar surface area (TPSA) is 70.7 Å². The number of para-hydroxylation sites is 1. The van der Waals surface area contributed by atoms with E-state index in [1.165, 1.54) is 0 Å². The minimum Gasteiger partial charge on any atom is -0.379 e.